The van der Waals surface area contributed by atoms with Crippen LogP contribution in [0.4, 0.5) is 0 Å². The van der Waals surface area contributed by atoms with E-state index in [0.29, 0.717) is 42.9 Å². The molecule has 4 rings (SSSR count). The van der Waals surface area contributed by atoms with Crippen molar-refractivity contribution in [3.05, 3.63) is 60.0 Å². The number of piperazine rings is 1. The van der Waals surface area contributed by atoms with Crippen LogP contribution >= 0.6 is 0 Å². The first-order chi connectivity index (χ1) is 13.7. The first-order valence-corrected chi connectivity index (χ1v) is 9.11. The molecule has 3 aromatic rings. The van der Waals surface area contributed by atoms with Crippen LogP contribution in [0.15, 0.2) is 48.9 Å². The third-order valence-corrected chi connectivity index (χ3v) is 4.88. The summed E-state index contributed by atoms with van der Waals surface area (Å²) in [5.41, 5.74) is 2.91. The Bertz CT molecular complexity index is 1000. The molecular formula is C20H21N5O3. The molecule has 0 aliphatic carbocycles. The summed E-state index contributed by atoms with van der Waals surface area (Å²) in [6.07, 6.45) is 3.27. The molecule has 0 bridgehead atoms. The zero-order chi connectivity index (χ0) is 19.5. The van der Waals surface area contributed by atoms with Crippen LogP contribution in [0.5, 0.6) is 0 Å². The van der Waals surface area contributed by atoms with Gasteiger partial charge in [-0.3, -0.25) is 4.79 Å². The number of carbonyl (C=O) groups is 2. The molecule has 1 amide bonds. The van der Waals surface area contributed by atoms with Gasteiger partial charge in [0.1, 0.15) is 11.6 Å². The molecule has 0 spiro atoms. The highest BCUT2D eigenvalue weighted by atomic mass is 16.5. The summed E-state index contributed by atoms with van der Waals surface area (Å²) in [6, 6.07) is 11.1. The number of nitrogens with zero attached hydrogens (tertiary/aromatic N) is 4. The second kappa shape index (κ2) is 7.77. The number of hydrogen-bond donors (Lipinski definition) is 1. The number of esters is 1. The lowest BCUT2D eigenvalue weighted by Crippen LogP contribution is -2.57. The van der Waals surface area contributed by atoms with Crippen molar-refractivity contribution in [2.24, 2.45) is 0 Å². The van der Waals surface area contributed by atoms with E-state index in [1.54, 1.807) is 18.6 Å². The number of hydrogen-bond acceptors (Lipinski definition) is 6. The minimum atomic E-state index is -0.641. The molecule has 1 aromatic carbocycles. The van der Waals surface area contributed by atoms with Gasteiger partial charge in [0.25, 0.3) is 5.91 Å². The van der Waals surface area contributed by atoms with E-state index in [9.17, 15) is 9.59 Å². The van der Waals surface area contributed by atoms with Crippen molar-refractivity contribution in [3.8, 4) is 0 Å². The largest absolute Gasteiger partial charge is 0.467 e. The molecule has 0 saturated carbocycles. The molecule has 144 valence electrons. The molecule has 1 unspecified atom stereocenters. The summed E-state index contributed by atoms with van der Waals surface area (Å²) >= 11 is 0. The number of pyridine rings is 1. The second-order valence-electron chi connectivity index (χ2n) is 6.67. The van der Waals surface area contributed by atoms with Gasteiger partial charge in [-0.25, -0.2) is 14.8 Å². The van der Waals surface area contributed by atoms with E-state index in [4.69, 9.17) is 4.74 Å². The standard InChI is InChI=1S/C20H21N5O3/c1-28-20(27)17-11-21-7-8-25(17)19(26)15-9-16-18(22-10-15)24(13-23-16)12-14-5-3-2-4-6-14/h2-6,9-10,13,17,21H,7-8,11-12H2,1H3. The van der Waals surface area contributed by atoms with Crippen LogP contribution in [0.3, 0.4) is 0 Å². The molecule has 1 aliphatic rings. The third kappa shape index (κ3) is 3.46. The van der Waals surface area contributed by atoms with Crippen molar-refractivity contribution in [1.82, 2.24) is 24.8 Å². The summed E-state index contributed by atoms with van der Waals surface area (Å²) < 4.78 is 6.78. The topological polar surface area (TPSA) is 89.3 Å². The lowest BCUT2D eigenvalue weighted by Gasteiger charge is -2.34. The number of amides is 1. The van der Waals surface area contributed by atoms with Crippen molar-refractivity contribution in [2.45, 2.75) is 12.6 Å². The van der Waals surface area contributed by atoms with Gasteiger partial charge in [0, 0.05) is 25.8 Å². The van der Waals surface area contributed by atoms with Crippen LogP contribution in [-0.4, -0.2) is 64.1 Å². The molecule has 0 radical (unpaired) electrons. The lowest BCUT2D eigenvalue weighted by molar-refractivity contribution is -0.146. The predicted octanol–water partition coefficient (Wildman–Crippen LogP) is 1.07. The van der Waals surface area contributed by atoms with Crippen LogP contribution in [0.2, 0.25) is 0 Å². The van der Waals surface area contributed by atoms with E-state index in [-0.39, 0.29) is 5.91 Å². The van der Waals surface area contributed by atoms with Crippen molar-refractivity contribution in [2.75, 3.05) is 26.7 Å². The summed E-state index contributed by atoms with van der Waals surface area (Å²) in [5, 5.41) is 3.12. The molecule has 1 N–H and O–H groups in total. The zero-order valence-corrected chi connectivity index (χ0v) is 15.5. The molecule has 8 heteroatoms. The Morgan fingerprint density at radius 1 is 1.25 bits per heavy atom. The number of ether oxygens (including phenoxy) is 1. The fourth-order valence-electron chi connectivity index (χ4n) is 3.42. The summed E-state index contributed by atoms with van der Waals surface area (Å²) in [4.78, 5) is 35.4. The van der Waals surface area contributed by atoms with Gasteiger partial charge >= 0.3 is 5.97 Å². The number of rotatable bonds is 4. The number of fused-ring (bicyclic) bond motifs is 1. The Hall–Kier alpha value is -3.26. The van der Waals surface area contributed by atoms with E-state index < -0.39 is 12.0 Å². The molecule has 1 atom stereocenters. The van der Waals surface area contributed by atoms with Crippen molar-refractivity contribution >= 4 is 23.0 Å². The van der Waals surface area contributed by atoms with E-state index in [0.717, 1.165) is 5.56 Å². The highest BCUT2D eigenvalue weighted by molar-refractivity contribution is 5.98. The quantitative estimate of drug-likeness (QED) is 0.682. The monoisotopic (exact) mass is 379 g/mol. The van der Waals surface area contributed by atoms with Gasteiger partial charge < -0.3 is 19.5 Å². The Morgan fingerprint density at radius 3 is 2.86 bits per heavy atom. The first-order valence-electron chi connectivity index (χ1n) is 9.11. The fourth-order valence-corrected chi connectivity index (χ4v) is 3.42. The normalized spacial score (nSPS) is 16.9. The van der Waals surface area contributed by atoms with Crippen molar-refractivity contribution in [1.29, 1.82) is 0 Å². The molecule has 1 aliphatic heterocycles. The van der Waals surface area contributed by atoms with Crippen LogP contribution in [0.1, 0.15) is 15.9 Å². The van der Waals surface area contributed by atoms with Gasteiger partial charge in [-0.2, -0.15) is 0 Å². The average Bonchev–Trinajstić information content (AvgIpc) is 3.15. The summed E-state index contributed by atoms with van der Waals surface area (Å²) in [6.45, 7) is 2.08. The predicted molar refractivity (Wildman–Crippen MR) is 103 cm³/mol. The van der Waals surface area contributed by atoms with Crippen molar-refractivity contribution in [3.63, 3.8) is 0 Å². The summed E-state index contributed by atoms with van der Waals surface area (Å²) in [7, 11) is 1.33. The second-order valence-corrected chi connectivity index (χ2v) is 6.67. The number of benzene rings is 1. The Morgan fingerprint density at radius 2 is 2.07 bits per heavy atom. The first kappa shape index (κ1) is 18.1. The van der Waals surface area contributed by atoms with Crippen LogP contribution in [0.25, 0.3) is 11.2 Å². The number of carbonyl (C=O) groups excluding carboxylic acids is 2. The Balaban J connectivity index is 1.59. The maximum Gasteiger partial charge on any atom is 0.329 e. The zero-order valence-electron chi connectivity index (χ0n) is 15.5. The van der Waals surface area contributed by atoms with Crippen molar-refractivity contribution < 1.29 is 14.3 Å². The third-order valence-electron chi connectivity index (χ3n) is 4.88. The lowest BCUT2D eigenvalue weighted by atomic mass is 10.1. The minimum Gasteiger partial charge on any atom is -0.467 e. The SMILES string of the molecule is COC(=O)C1CNCCN1C(=O)c1cnc2c(c1)ncn2Cc1ccccc1. The van der Waals surface area contributed by atoms with Crippen LogP contribution < -0.4 is 5.32 Å². The van der Waals surface area contributed by atoms with E-state index in [1.807, 2.05) is 34.9 Å². The van der Waals surface area contributed by atoms with Gasteiger partial charge in [-0.15, -0.1) is 0 Å². The molecule has 2 aromatic heterocycles. The molecule has 28 heavy (non-hydrogen) atoms. The fraction of sp³-hybridized carbons (Fsp3) is 0.300. The number of imidazole rings is 1. The van der Waals surface area contributed by atoms with Gasteiger partial charge in [0.15, 0.2) is 5.65 Å². The molecule has 1 fully saturated rings. The molecule has 3 heterocycles. The smallest absolute Gasteiger partial charge is 0.329 e. The van der Waals surface area contributed by atoms with Gasteiger partial charge in [0.2, 0.25) is 0 Å². The Kier molecular flexibility index (Phi) is 5.03. The summed E-state index contributed by atoms with van der Waals surface area (Å²) in [5.74, 6) is -0.675. The minimum absolute atomic E-state index is 0.246. The highest BCUT2D eigenvalue weighted by Crippen LogP contribution is 2.17. The molecule has 1 saturated heterocycles. The number of aromatic nitrogens is 3. The number of nitrogens with one attached hydrogen (secondary N) is 1. The van der Waals surface area contributed by atoms with Gasteiger partial charge in [-0.05, 0) is 11.6 Å². The maximum atomic E-state index is 13.0. The van der Waals surface area contributed by atoms with E-state index in [1.165, 1.54) is 12.0 Å². The highest BCUT2D eigenvalue weighted by Gasteiger charge is 2.33. The average molecular weight is 379 g/mol. The van der Waals surface area contributed by atoms with Crippen LogP contribution in [0, 0.1) is 0 Å². The van der Waals surface area contributed by atoms with E-state index in [2.05, 4.69) is 15.3 Å². The van der Waals surface area contributed by atoms with E-state index >= 15 is 0 Å². The maximum absolute atomic E-state index is 13.0. The number of methoxy groups -OCH3 is 1. The molecular weight excluding hydrogens is 358 g/mol. The van der Waals surface area contributed by atoms with Gasteiger partial charge in [0.05, 0.1) is 25.5 Å². The van der Waals surface area contributed by atoms with Crippen LogP contribution in [-0.2, 0) is 16.1 Å². The Labute approximate surface area is 162 Å². The van der Waals surface area contributed by atoms with Gasteiger partial charge in [-0.1, -0.05) is 30.3 Å². The molecule has 8 nitrogen and oxygen atoms in total.